The summed E-state index contributed by atoms with van der Waals surface area (Å²) in [5.41, 5.74) is 2.33. The number of aryl methyl sites for hydroxylation is 2. The van der Waals surface area contributed by atoms with Crippen molar-refractivity contribution in [1.82, 2.24) is 15.3 Å². The number of hydrogen-bond acceptors (Lipinski definition) is 6. The van der Waals surface area contributed by atoms with Gasteiger partial charge in [0.15, 0.2) is 11.5 Å². The fraction of sp³-hybridized carbons (Fsp3) is 0.476. The molecule has 1 aromatic carbocycles. The summed E-state index contributed by atoms with van der Waals surface area (Å²) in [5, 5.41) is 3.13. The molecule has 1 saturated carbocycles. The Balaban J connectivity index is 1.33. The van der Waals surface area contributed by atoms with Crippen molar-refractivity contribution < 1.29 is 19.0 Å². The van der Waals surface area contributed by atoms with Crippen molar-refractivity contribution in [1.29, 1.82) is 0 Å². The third kappa shape index (κ3) is 4.18. The summed E-state index contributed by atoms with van der Waals surface area (Å²) in [4.78, 5) is 21.4. The predicted molar refractivity (Wildman–Crippen MR) is 103 cm³/mol. The summed E-state index contributed by atoms with van der Waals surface area (Å²) in [6.45, 7) is 4.84. The maximum Gasteiger partial charge on any atom is 0.317 e. The zero-order valence-electron chi connectivity index (χ0n) is 16.2. The number of fused-ring (bicyclic) bond motifs is 1. The van der Waals surface area contributed by atoms with Gasteiger partial charge in [-0.15, -0.1) is 0 Å². The molecule has 7 nitrogen and oxygen atoms in total. The second-order valence-corrected chi connectivity index (χ2v) is 7.33. The molecule has 0 saturated heterocycles. The van der Waals surface area contributed by atoms with Crippen molar-refractivity contribution in [2.24, 2.45) is 0 Å². The van der Waals surface area contributed by atoms with Crippen LogP contribution in [0.3, 0.4) is 0 Å². The van der Waals surface area contributed by atoms with Gasteiger partial charge in [0.1, 0.15) is 19.3 Å². The van der Waals surface area contributed by atoms with E-state index < -0.39 is 0 Å². The predicted octanol–water partition coefficient (Wildman–Crippen LogP) is 2.98. The number of hydrogen-bond donors (Lipinski definition) is 1. The summed E-state index contributed by atoms with van der Waals surface area (Å²) in [6, 6.07) is 7.90. The summed E-state index contributed by atoms with van der Waals surface area (Å²) >= 11 is 0. The van der Waals surface area contributed by atoms with Gasteiger partial charge in [-0.1, -0.05) is 6.07 Å². The van der Waals surface area contributed by atoms with E-state index in [1.807, 2.05) is 32.0 Å². The minimum atomic E-state index is -0.121. The Kier molecular flexibility index (Phi) is 5.32. The molecule has 0 spiro atoms. The number of para-hydroxylation sites is 1. The number of ether oxygens (including phenoxy) is 3. The number of carbonyl (C=O) groups excluding carboxylic acids is 1. The van der Waals surface area contributed by atoms with Crippen molar-refractivity contribution in [3.05, 3.63) is 41.2 Å². The fourth-order valence-electron chi connectivity index (χ4n) is 3.74. The topological polar surface area (TPSA) is 82.6 Å². The van der Waals surface area contributed by atoms with Crippen LogP contribution in [0, 0.1) is 13.8 Å². The zero-order valence-corrected chi connectivity index (χ0v) is 16.2. The number of aromatic nitrogens is 2. The van der Waals surface area contributed by atoms with Crippen molar-refractivity contribution in [2.45, 2.75) is 51.7 Å². The van der Waals surface area contributed by atoms with Crippen LogP contribution in [0.1, 0.15) is 47.4 Å². The Bertz CT molecular complexity index is 842. The van der Waals surface area contributed by atoms with Gasteiger partial charge >= 0.3 is 6.01 Å². The highest BCUT2D eigenvalue weighted by atomic mass is 16.6. The van der Waals surface area contributed by atoms with Gasteiger partial charge in [0.2, 0.25) is 0 Å². The first kappa shape index (κ1) is 18.5. The number of nitrogens with one attached hydrogen (secondary N) is 1. The summed E-state index contributed by atoms with van der Waals surface area (Å²) < 4.78 is 17.2. The lowest BCUT2D eigenvalue weighted by atomic mass is 9.92. The highest BCUT2D eigenvalue weighted by molar-refractivity contribution is 5.98. The van der Waals surface area contributed by atoms with Gasteiger partial charge in [0.05, 0.1) is 5.56 Å². The molecule has 1 aliphatic heterocycles. The Morgan fingerprint density at radius 3 is 2.54 bits per heavy atom. The lowest BCUT2D eigenvalue weighted by molar-refractivity contribution is 0.0875. The van der Waals surface area contributed by atoms with Crippen LogP contribution in [0.4, 0.5) is 0 Å². The van der Waals surface area contributed by atoms with E-state index in [0.29, 0.717) is 36.3 Å². The summed E-state index contributed by atoms with van der Waals surface area (Å²) in [7, 11) is 0. The van der Waals surface area contributed by atoms with E-state index in [0.717, 1.165) is 37.1 Å². The van der Waals surface area contributed by atoms with Crippen molar-refractivity contribution in [2.75, 3.05) is 13.2 Å². The van der Waals surface area contributed by atoms with Crippen LogP contribution in [0.15, 0.2) is 24.3 Å². The summed E-state index contributed by atoms with van der Waals surface area (Å²) in [5.74, 6) is 1.05. The monoisotopic (exact) mass is 383 g/mol. The van der Waals surface area contributed by atoms with E-state index >= 15 is 0 Å². The van der Waals surface area contributed by atoms with E-state index in [4.69, 9.17) is 14.2 Å². The highest BCUT2D eigenvalue weighted by Gasteiger charge is 2.27. The van der Waals surface area contributed by atoms with Gasteiger partial charge in [-0.2, -0.15) is 0 Å². The van der Waals surface area contributed by atoms with Gasteiger partial charge < -0.3 is 19.5 Å². The number of nitrogens with zero attached hydrogens (tertiary/aromatic N) is 2. The van der Waals surface area contributed by atoms with Gasteiger partial charge in [-0.3, -0.25) is 4.79 Å². The molecule has 2 aliphatic rings. The van der Waals surface area contributed by atoms with Gasteiger partial charge in [0.25, 0.3) is 5.91 Å². The van der Waals surface area contributed by atoms with Crippen LogP contribution in [-0.2, 0) is 0 Å². The molecule has 1 aliphatic carbocycles. The third-order valence-electron chi connectivity index (χ3n) is 5.05. The lowest BCUT2D eigenvalue weighted by Crippen LogP contribution is -2.40. The molecule has 148 valence electrons. The normalized spacial score (nSPS) is 21.1. The van der Waals surface area contributed by atoms with E-state index in [1.165, 1.54) is 0 Å². The van der Waals surface area contributed by atoms with E-state index in [1.54, 1.807) is 6.07 Å². The molecule has 1 fully saturated rings. The molecule has 0 radical (unpaired) electrons. The molecule has 0 unspecified atom stereocenters. The van der Waals surface area contributed by atoms with Crippen LogP contribution in [-0.4, -0.2) is 41.2 Å². The lowest BCUT2D eigenvalue weighted by Gasteiger charge is -2.29. The Labute approximate surface area is 164 Å². The van der Waals surface area contributed by atoms with E-state index in [2.05, 4.69) is 15.3 Å². The van der Waals surface area contributed by atoms with Crippen molar-refractivity contribution in [3.8, 4) is 17.5 Å². The number of carbonyl (C=O) groups is 1. The van der Waals surface area contributed by atoms with E-state index in [-0.39, 0.29) is 18.1 Å². The van der Waals surface area contributed by atoms with Gasteiger partial charge in [0, 0.05) is 17.4 Å². The summed E-state index contributed by atoms with van der Waals surface area (Å²) in [6.07, 6.45) is 3.50. The molecular formula is C21H25N3O4. The molecule has 28 heavy (non-hydrogen) atoms. The first-order valence-corrected chi connectivity index (χ1v) is 9.77. The standard InChI is InChI=1S/C21H25N3O4/c1-13-12-14(2)23-21(22-13)28-16-8-6-15(7-9-16)24-20(25)17-4-3-5-18-19(17)27-11-10-26-18/h3-5,12,15-16H,6-11H2,1-2H3,(H,24,25). The van der Waals surface area contributed by atoms with Gasteiger partial charge in [-0.05, 0) is 57.7 Å². The molecule has 2 heterocycles. The molecule has 0 atom stereocenters. The molecule has 4 rings (SSSR count). The SMILES string of the molecule is Cc1cc(C)nc(OC2CCC(NC(=O)c3cccc4c3OCCO4)CC2)n1. The molecule has 1 amide bonds. The minimum Gasteiger partial charge on any atom is -0.486 e. The maximum absolute atomic E-state index is 12.7. The highest BCUT2D eigenvalue weighted by Crippen LogP contribution is 2.34. The number of amides is 1. The smallest absolute Gasteiger partial charge is 0.317 e. The van der Waals surface area contributed by atoms with Gasteiger partial charge in [-0.25, -0.2) is 9.97 Å². The van der Waals surface area contributed by atoms with Crippen LogP contribution in [0.25, 0.3) is 0 Å². The van der Waals surface area contributed by atoms with Crippen molar-refractivity contribution in [3.63, 3.8) is 0 Å². The quantitative estimate of drug-likeness (QED) is 0.874. The van der Waals surface area contributed by atoms with Crippen molar-refractivity contribution >= 4 is 5.91 Å². The Hall–Kier alpha value is -2.83. The second-order valence-electron chi connectivity index (χ2n) is 7.33. The molecule has 7 heteroatoms. The Morgan fingerprint density at radius 1 is 1.07 bits per heavy atom. The van der Waals surface area contributed by atoms with Crippen LogP contribution < -0.4 is 19.5 Å². The number of benzene rings is 1. The van der Waals surface area contributed by atoms with Crippen LogP contribution >= 0.6 is 0 Å². The van der Waals surface area contributed by atoms with Crippen LogP contribution in [0.5, 0.6) is 17.5 Å². The molecule has 1 N–H and O–H groups in total. The molecule has 1 aromatic heterocycles. The average Bonchev–Trinajstić information content (AvgIpc) is 2.68. The number of rotatable bonds is 4. The average molecular weight is 383 g/mol. The third-order valence-corrected chi connectivity index (χ3v) is 5.05. The molecule has 2 aromatic rings. The fourth-order valence-corrected chi connectivity index (χ4v) is 3.74. The maximum atomic E-state index is 12.7. The minimum absolute atomic E-state index is 0.0792. The zero-order chi connectivity index (χ0) is 19.5. The molecule has 0 bridgehead atoms. The Morgan fingerprint density at radius 2 is 1.79 bits per heavy atom. The largest absolute Gasteiger partial charge is 0.486 e. The van der Waals surface area contributed by atoms with E-state index in [9.17, 15) is 4.79 Å². The second kappa shape index (κ2) is 8.04. The first-order valence-electron chi connectivity index (χ1n) is 9.77. The first-order chi connectivity index (χ1) is 13.6. The van der Waals surface area contributed by atoms with Crippen LogP contribution in [0.2, 0.25) is 0 Å². The molecular weight excluding hydrogens is 358 g/mol.